The highest BCUT2D eigenvalue weighted by Gasteiger charge is 2.12. The second kappa shape index (κ2) is 3.98. The summed E-state index contributed by atoms with van der Waals surface area (Å²) in [6, 6.07) is 12.9. The van der Waals surface area contributed by atoms with Crippen molar-refractivity contribution >= 4 is 28.5 Å². The number of hydrogen-bond donors (Lipinski definition) is 0. The van der Waals surface area contributed by atoms with Crippen LogP contribution in [0.2, 0.25) is 0 Å². The Hall–Kier alpha value is -2.09. The third-order valence-electron chi connectivity index (χ3n) is 3.63. The summed E-state index contributed by atoms with van der Waals surface area (Å²) in [6.45, 7) is 6.45. The first-order chi connectivity index (χ1) is 8.74. The van der Waals surface area contributed by atoms with Crippen LogP contribution < -0.4 is 0 Å². The molecule has 0 fully saturated rings. The van der Waals surface area contributed by atoms with E-state index >= 15 is 0 Å². The molecule has 3 aromatic rings. The summed E-state index contributed by atoms with van der Waals surface area (Å²) < 4.78 is 2.25. The van der Waals surface area contributed by atoms with Gasteiger partial charge in [0.2, 0.25) is 0 Å². The molecule has 18 heavy (non-hydrogen) atoms. The monoisotopic (exact) mass is 236 g/mol. The molecule has 0 amide bonds. The van der Waals surface area contributed by atoms with E-state index < -0.39 is 0 Å². The van der Waals surface area contributed by atoms with Gasteiger partial charge in [0.05, 0.1) is 6.54 Å². The number of benzene rings is 2. The molecule has 3 rings (SSSR count). The van der Waals surface area contributed by atoms with Gasteiger partial charge < -0.3 is 4.57 Å². The van der Waals surface area contributed by atoms with E-state index in [0.717, 1.165) is 0 Å². The van der Waals surface area contributed by atoms with Gasteiger partial charge in [0.1, 0.15) is 0 Å². The Morgan fingerprint density at radius 1 is 1.06 bits per heavy atom. The first-order valence-electron chi connectivity index (χ1n) is 6.12. The standard InChI is InChI=1S/C16H16N2/c1-11-6-4-8-13-15(11)16-12(10-17-2)7-5-9-14(16)18(13)3/h4-9H,2,10H2,1,3H3. The lowest BCUT2D eigenvalue weighted by Gasteiger charge is -2.02. The molecule has 0 saturated heterocycles. The van der Waals surface area contributed by atoms with Crippen LogP contribution in [0.25, 0.3) is 21.8 Å². The highest BCUT2D eigenvalue weighted by atomic mass is 14.9. The Bertz CT molecular complexity index is 750. The first kappa shape index (κ1) is 11.0. The van der Waals surface area contributed by atoms with Gasteiger partial charge in [-0.15, -0.1) is 0 Å². The minimum absolute atomic E-state index is 0.671. The van der Waals surface area contributed by atoms with Crippen LogP contribution in [0, 0.1) is 6.92 Å². The summed E-state index contributed by atoms with van der Waals surface area (Å²) in [5.41, 5.74) is 5.11. The fraction of sp³-hybridized carbons (Fsp3) is 0.188. The number of aryl methyl sites for hydroxylation is 2. The zero-order valence-electron chi connectivity index (χ0n) is 10.8. The van der Waals surface area contributed by atoms with E-state index in [2.05, 4.69) is 66.6 Å². The molecule has 0 aliphatic rings. The number of aliphatic imine (C=N–C) groups is 1. The maximum Gasteiger partial charge on any atom is 0.0639 e. The van der Waals surface area contributed by atoms with Gasteiger partial charge in [0.25, 0.3) is 0 Å². The number of nitrogens with zero attached hydrogens (tertiary/aromatic N) is 2. The van der Waals surface area contributed by atoms with Crippen LogP contribution in [0.1, 0.15) is 11.1 Å². The fourth-order valence-corrected chi connectivity index (χ4v) is 2.79. The van der Waals surface area contributed by atoms with Crippen molar-refractivity contribution in [1.82, 2.24) is 4.57 Å². The number of aromatic nitrogens is 1. The van der Waals surface area contributed by atoms with Crippen LogP contribution in [0.4, 0.5) is 0 Å². The summed E-state index contributed by atoms with van der Waals surface area (Å²) in [5, 5.41) is 2.66. The van der Waals surface area contributed by atoms with Crippen molar-refractivity contribution in [1.29, 1.82) is 0 Å². The average Bonchev–Trinajstić information content (AvgIpc) is 2.67. The van der Waals surface area contributed by atoms with Gasteiger partial charge in [-0.1, -0.05) is 24.3 Å². The molecule has 0 saturated carbocycles. The summed E-state index contributed by atoms with van der Waals surface area (Å²) in [7, 11) is 2.12. The highest BCUT2D eigenvalue weighted by molar-refractivity contribution is 6.11. The van der Waals surface area contributed by atoms with E-state index in [1.165, 1.54) is 32.9 Å². The molecule has 0 aliphatic carbocycles. The van der Waals surface area contributed by atoms with Gasteiger partial charge >= 0.3 is 0 Å². The van der Waals surface area contributed by atoms with Crippen LogP contribution in [0.3, 0.4) is 0 Å². The highest BCUT2D eigenvalue weighted by Crippen LogP contribution is 2.33. The van der Waals surface area contributed by atoms with Gasteiger partial charge in [-0.05, 0) is 36.9 Å². The second-order valence-electron chi connectivity index (χ2n) is 4.72. The van der Waals surface area contributed by atoms with Crippen LogP contribution in [0.5, 0.6) is 0 Å². The quantitative estimate of drug-likeness (QED) is 0.601. The van der Waals surface area contributed by atoms with E-state index in [1.54, 1.807) is 0 Å². The lowest BCUT2D eigenvalue weighted by molar-refractivity contribution is 1.01. The normalized spacial score (nSPS) is 11.2. The Balaban J connectivity index is 2.58. The molecule has 90 valence electrons. The van der Waals surface area contributed by atoms with Crippen molar-refractivity contribution in [2.45, 2.75) is 13.5 Å². The molecule has 0 unspecified atom stereocenters. The minimum Gasteiger partial charge on any atom is -0.344 e. The summed E-state index contributed by atoms with van der Waals surface area (Å²) in [6.07, 6.45) is 0. The van der Waals surface area contributed by atoms with Gasteiger partial charge in [-0.2, -0.15) is 0 Å². The molecule has 0 spiro atoms. The largest absolute Gasteiger partial charge is 0.344 e. The molecule has 0 atom stereocenters. The summed E-state index contributed by atoms with van der Waals surface area (Å²) in [4.78, 5) is 4.04. The summed E-state index contributed by atoms with van der Waals surface area (Å²) >= 11 is 0. The topological polar surface area (TPSA) is 17.3 Å². The van der Waals surface area contributed by atoms with Crippen molar-refractivity contribution in [3.05, 3.63) is 47.5 Å². The lowest BCUT2D eigenvalue weighted by Crippen LogP contribution is -1.87. The van der Waals surface area contributed by atoms with E-state index in [-0.39, 0.29) is 0 Å². The van der Waals surface area contributed by atoms with E-state index in [9.17, 15) is 0 Å². The van der Waals surface area contributed by atoms with Gasteiger partial charge in [0.15, 0.2) is 0 Å². The maximum absolute atomic E-state index is 4.04. The first-order valence-corrected chi connectivity index (χ1v) is 6.12. The molecular weight excluding hydrogens is 220 g/mol. The van der Waals surface area contributed by atoms with E-state index in [4.69, 9.17) is 0 Å². The van der Waals surface area contributed by atoms with Crippen LogP contribution in [-0.4, -0.2) is 11.3 Å². The molecule has 2 nitrogen and oxygen atoms in total. The van der Waals surface area contributed by atoms with Crippen LogP contribution in [-0.2, 0) is 13.6 Å². The zero-order valence-corrected chi connectivity index (χ0v) is 10.8. The minimum atomic E-state index is 0.671. The number of fused-ring (bicyclic) bond motifs is 3. The Morgan fingerprint density at radius 3 is 2.44 bits per heavy atom. The number of hydrogen-bond acceptors (Lipinski definition) is 1. The Morgan fingerprint density at radius 2 is 1.72 bits per heavy atom. The van der Waals surface area contributed by atoms with Gasteiger partial charge in [0, 0.05) is 28.9 Å². The maximum atomic E-state index is 4.04. The molecular formula is C16H16N2. The second-order valence-corrected chi connectivity index (χ2v) is 4.72. The third-order valence-corrected chi connectivity index (χ3v) is 3.63. The lowest BCUT2D eigenvalue weighted by atomic mass is 10.0. The summed E-state index contributed by atoms with van der Waals surface area (Å²) in [5.74, 6) is 0. The van der Waals surface area contributed by atoms with Crippen molar-refractivity contribution in [2.75, 3.05) is 0 Å². The molecule has 0 bridgehead atoms. The molecule has 2 heteroatoms. The zero-order chi connectivity index (χ0) is 12.7. The van der Waals surface area contributed by atoms with Crippen LogP contribution in [0.15, 0.2) is 41.4 Å². The van der Waals surface area contributed by atoms with E-state index in [1.807, 2.05) is 0 Å². The molecule has 0 aliphatic heterocycles. The molecule has 1 heterocycles. The SMILES string of the molecule is C=NCc1cccc2c1c1c(C)cccc1n2C. The molecule has 1 aromatic heterocycles. The van der Waals surface area contributed by atoms with Gasteiger partial charge in [-0.3, -0.25) is 4.99 Å². The number of rotatable bonds is 2. The van der Waals surface area contributed by atoms with Gasteiger partial charge in [-0.25, -0.2) is 0 Å². The average molecular weight is 236 g/mol. The van der Waals surface area contributed by atoms with Crippen LogP contribution >= 0.6 is 0 Å². The van der Waals surface area contributed by atoms with E-state index in [0.29, 0.717) is 6.54 Å². The Kier molecular flexibility index (Phi) is 2.44. The Labute approximate surface area is 107 Å². The molecule has 2 aromatic carbocycles. The van der Waals surface area contributed by atoms with Crippen molar-refractivity contribution in [3.8, 4) is 0 Å². The smallest absolute Gasteiger partial charge is 0.0639 e. The third kappa shape index (κ3) is 1.39. The molecule has 0 N–H and O–H groups in total. The fourth-order valence-electron chi connectivity index (χ4n) is 2.79. The van der Waals surface area contributed by atoms with Crippen molar-refractivity contribution in [3.63, 3.8) is 0 Å². The predicted molar refractivity (Wildman–Crippen MR) is 78.4 cm³/mol. The van der Waals surface area contributed by atoms with Crippen molar-refractivity contribution in [2.24, 2.45) is 12.0 Å². The predicted octanol–water partition coefficient (Wildman–Crippen LogP) is 3.84. The molecule has 0 radical (unpaired) electrons. The van der Waals surface area contributed by atoms with Crippen molar-refractivity contribution < 1.29 is 0 Å².